The van der Waals surface area contributed by atoms with Gasteiger partial charge in [0.25, 0.3) is 0 Å². The maximum absolute atomic E-state index is 12.5. The van der Waals surface area contributed by atoms with Gasteiger partial charge in [-0.1, -0.05) is 12.1 Å². The largest absolute Gasteiger partial charge is 0.573 e. The van der Waals surface area contributed by atoms with Crippen molar-refractivity contribution in [2.24, 2.45) is 7.05 Å². The summed E-state index contributed by atoms with van der Waals surface area (Å²) in [5.74, 6) is -0.462. The first-order valence-corrected chi connectivity index (χ1v) is 8.34. The number of benzene rings is 1. The maximum atomic E-state index is 12.5. The van der Waals surface area contributed by atoms with Gasteiger partial charge in [-0.3, -0.25) is 14.4 Å². The Morgan fingerprint density at radius 3 is 2.37 bits per heavy atom. The van der Waals surface area contributed by atoms with Gasteiger partial charge in [0.05, 0.1) is 23.1 Å². The van der Waals surface area contributed by atoms with Gasteiger partial charge in [0, 0.05) is 13.6 Å². The van der Waals surface area contributed by atoms with Crippen molar-refractivity contribution in [1.82, 2.24) is 14.7 Å². The molecule has 27 heavy (non-hydrogen) atoms. The van der Waals surface area contributed by atoms with Crippen LogP contribution in [-0.4, -0.2) is 40.0 Å². The van der Waals surface area contributed by atoms with Gasteiger partial charge in [-0.25, -0.2) is 0 Å². The highest BCUT2D eigenvalue weighted by Crippen LogP contribution is 2.23. The molecule has 1 aromatic heterocycles. The molecule has 1 N–H and O–H groups in total. The van der Waals surface area contributed by atoms with E-state index >= 15 is 0 Å². The van der Waals surface area contributed by atoms with Crippen LogP contribution in [-0.2, 0) is 18.4 Å². The van der Waals surface area contributed by atoms with Crippen molar-refractivity contribution in [3.8, 4) is 5.75 Å². The van der Waals surface area contributed by atoms with E-state index in [0.29, 0.717) is 12.2 Å². The zero-order valence-electron chi connectivity index (χ0n) is 15.9. The van der Waals surface area contributed by atoms with Crippen molar-refractivity contribution in [3.05, 3.63) is 41.2 Å². The van der Waals surface area contributed by atoms with Gasteiger partial charge in [0.2, 0.25) is 5.91 Å². The van der Waals surface area contributed by atoms with Crippen LogP contribution in [0.3, 0.4) is 0 Å². The molecule has 0 aliphatic carbocycles. The molecule has 1 atom stereocenters. The van der Waals surface area contributed by atoms with Crippen LogP contribution in [0.1, 0.15) is 23.9 Å². The van der Waals surface area contributed by atoms with E-state index in [-0.39, 0.29) is 11.7 Å². The number of nitrogens with zero attached hydrogens (tertiary/aromatic N) is 3. The number of carbonyl (C=O) groups excluding carboxylic acids is 1. The summed E-state index contributed by atoms with van der Waals surface area (Å²) in [5, 5.41) is 7.16. The minimum absolute atomic E-state index is 0.186. The molecule has 6 nitrogen and oxygen atoms in total. The standard InChI is InChI=1S/C18H23F3N4O2/c1-11-16(12(2)25(5)23-11)22-17(26)13(3)24(4)10-14-6-8-15(9-7-14)27-18(19,20)21/h6-9,13H,10H2,1-5H3,(H,22,26). The summed E-state index contributed by atoms with van der Waals surface area (Å²) in [6.45, 7) is 5.85. The number of amides is 1. The molecule has 0 fully saturated rings. The minimum Gasteiger partial charge on any atom is -0.406 e. The fourth-order valence-electron chi connectivity index (χ4n) is 2.60. The lowest BCUT2D eigenvalue weighted by Gasteiger charge is -2.24. The Bertz CT molecular complexity index is 800. The third-order valence-corrected chi connectivity index (χ3v) is 4.39. The molecule has 0 spiro atoms. The molecule has 0 radical (unpaired) electrons. The van der Waals surface area contributed by atoms with Crippen LogP contribution in [0.15, 0.2) is 24.3 Å². The summed E-state index contributed by atoms with van der Waals surface area (Å²) in [6.07, 6.45) is -4.71. The van der Waals surface area contributed by atoms with E-state index in [1.807, 2.05) is 13.8 Å². The van der Waals surface area contributed by atoms with Gasteiger partial charge in [-0.15, -0.1) is 13.2 Å². The summed E-state index contributed by atoms with van der Waals surface area (Å²) < 4.78 is 42.2. The number of likely N-dealkylation sites (N-methyl/N-ethyl adjacent to an activating group) is 1. The maximum Gasteiger partial charge on any atom is 0.573 e. The number of carbonyl (C=O) groups is 1. The van der Waals surface area contributed by atoms with Crippen LogP contribution < -0.4 is 10.1 Å². The predicted octanol–water partition coefficient (Wildman–Crippen LogP) is 3.39. The lowest BCUT2D eigenvalue weighted by atomic mass is 10.1. The Morgan fingerprint density at radius 2 is 1.89 bits per heavy atom. The second-order valence-corrected chi connectivity index (χ2v) is 6.44. The Balaban J connectivity index is 1.98. The molecule has 148 valence electrons. The number of anilines is 1. The number of hydrogen-bond donors (Lipinski definition) is 1. The van der Waals surface area contributed by atoms with E-state index in [1.54, 1.807) is 30.6 Å². The van der Waals surface area contributed by atoms with E-state index in [0.717, 1.165) is 17.0 Å². The molecule has 1 aromatic carbocycles. The van der Waals surface area contributed by atoms with E-state index in [4.69, 9.17) is 0 Å². The first kappa shape index (κ1) is 20.8. The van der Waals surface area contributed by atoms with E-state index in [9.17, 15) is 18.0 Å². The Hall–Kier alpha value is -2.55. The second kappa shape index (κ2) is 7.99. The molecule has 1 heterocycles. The monoisotopic (exact) mass is 384 g/mol. The lowest BCUT2D eigenvalue weighted by Crippen LogP contribution is -2.39. The molecule has 1 amide bonds. The lowest BCUT2D eigenvalue weighted by molar-refractivity contribution is -0.274. The number of alkyl halides is 3. The molecule has 0 aliphatic rings. The number of aromatic nitrogens is 2. The van der Waals surface area contributed by atoms with E-state index in [2.05, 4.69) is 15.2 Å². The number of ether oxygens (including phenoxy) is 1. The third-order valence-electron chi connectivity index (χ3n) is 4.39. The number of aryl methyl sites for hydroxylation is 2. The molecule has 0 saturated carbocycles. The third kappa shape index (κ3) is 5.46. The highest BCUT2D eigenvalue weighted by atomic mass is 19.4. The van der Waals surface area contributed by atoms with Gasteiger partial charge in [-0.05, 0) is 45.5 Å². The van der Waals surface area contributed by atoms with Gasteiger partial charge < -0.3 is 10.1 Å². The summed E-state index contributed by atoms with van der Waals surface area (Å²) in [4.78, 5) is 14.3. The fraction of sp³-hybridized carbons (Fsp3) is 0.444. The first-order valence-electron chi connectivity index (χ1n) is 8.34. The summed E-state index contributed by atoms with van der Waals surface area (Å²) in [7, 11) is 3.58. The van der Waals surface area contributed by atoms with E-state index in [1.165, 1.54) is 24.3 Å². The average molecular weight is 384 g/mol. The smallest absolute Gasteiger partial charge is 0.406 e. The normalized spacial score (nSPS) is 12.9. The zero-order chi connectivity index (χ0) is 20.4. The van der Waals surface area contributed by atoms with Crippen LogP contribution in [0, 0.1) is 13.8 Å². The van der Waals surface area contributed by atoms with Crippen LogP contribution in [0.2, 0.25) is 0 Å². The zero-order valence-corrected chi connectivity index (χ0v) is 15.9. The SMILES string of the molecule is Cc1nn(C)c(C)c1NC(=O)C(C)N(C)Cc1ccc(OC(F)(F)F)cc1. The first-order chi connectivity index (χ1) is 12.5. The van der Waals surface area contributed by atoms with Gasteiger partial charge >= 0.3 is 6.36 Å². The van der Waals surface area contributed by atoms with Crippen LogP contribution in [0.5, 0.6) is 5.75 Å². The molecular weight excluding hydrogens is 361 g/mol. The summed E-state index contributed by atoms with van der Waals surface area (Å²) in [6, 6.07) is 5.14. The molecule has 2 rings (SSSR count). The Morgan fingerprint density at radius 1 is 1.30 bits per heavy atom. The molecular formula is C18H23F3N4O2. The number of halogens is 3. The molecule has 2 aromatic rings. The molecule has 0 aliphatic heterocycles. The van der Waals surface area contributed by atoms with Crippen LogP contribution >= 0.6 is 0 Å². The Kier molecular flexibility index (Phi) is 6.15. The fourth-order valence-corrected chi connectivity index (χ4v) is 2.60. The highest BCUT2D eigenvalue weighted by Gasteiger charge is 2.31. The van der Waals surface area contributed by atoms with Crippen LogP contribution in [0.25, 0.3) is 0 Å². The molecule has 0 bridgehead atoms. The summed E-state index contributed by atoms with van der Waals surface area (Å²) in [5.41, 5.74) is 3.05. The van der Waals surface area contributed by atoms with Gasteiger partial charge in [-0.2, -0.15) is 5.10 Å². The topological polar surface area (TPSA) is 59.4 Å². The van der Waals surface area contributed by atoms with Crippen molar-refractivity contribution in [3.63, 3.8) is 0 Å². The molecule has 1 unspecified atom stereocenters. The van der Waals surface area contributed by atoms with Crippen molar-refractivity contribution < 1.29 is 22.7 Å². The summed E-state index contributed by atoms with van der Waals surface area (Å²) >= 11 is 0. The van der Waals surface area contributed by atoms with Crippen LogP contribution in [0.4, 0.5) is 18.9 Å². The average Bonchev–Trinajstić information content (AvgIpc) is 2.80. The van der Waals surface area contributed by atoms with Gasteiger partial charge in [0.1, 0.15) is 5.75 Å². The van der Waals surface area contributed by atoms with E-state index < -0.39 is 12.4 Å². The van der Waals surface area contributed by atoms with Crippen molar-refractivity contribution in [2.45, 2.75) is 39.7 Å². The van der Waals surface area contributed by atoms with Crippen molar-refractivity contribution in [2.75, 3.05) is 12.4 Å². The van der Waals surface area contributed by atoms with Crippen molar-refractivity contribution >= 4 is 11.6 Å². The number of nitrogens with one attached hydrogen (secondary N) is 1. The minimum atomic E-state index is -4.71. The van der Waals surface area contributed by atoms with Gasteiger partial charge in [0.15, 0.2) is 0 Å². The predicted molar refractivity (Wildman–Crippen MR) is 95.4 cm³/mol. The quantitative estimate of drug-likeness (QED) is 0.829. The number of hydrogen-bond acceptors (Lipinski definition) is 4. The highest BCUT2D eigenvalue weighted by molar-refractivity contribution is 5.95. The molecule has 0 saturated heterocycles. The number of rotatable bonds is 6. The second-order valence-electron chi connectivity index (χ2n) is 6.44. The van der Waals surface area contributed by atoms with Crippen molar-refractivity contribution in [1.29, 1.82) is 0 Å². The Labute approximate surface area is 155 Å². The molecule has 9 heteroatoms.